The van der Waals surface area contributed by atoms with E-state index in [1.54, 1.807) is 55.5 Å². The Bertz CT molecular complexity index is 679. The quantitative estimate of drug-likeness (QED) is 0.808. The van der Waals surface area contributed by atoms with E-state index < -0.39 is 5.82 Å². The van der Waals surface area contributed by atoms with Gasteiger partial charge in [0.2, 0.25) is 5.91 Å². The summed E-state index contributed by atoms with van der Waals surface area (Å²) >= 11 is 0. The first-order chi connectivity index (χ1) is 11.6. The van der Waals surface area contributed by atoms with Gasteiger partial charge >= 0.3 is 0 Å². The highest BCUT2D eigenvalue weighted by Crippen LogP contribution is 2.17. The van der Waals surface area contributed by atoms with Crippen LogP contribution in [0.5, 0.6) is 11.5 Å². The van der Waals surface area contributed by atoms with Crippen LogP contribution < -0.4 is 14.8 Å². The first-order valence-electron chi connectivity index (χ1n) is 7.58. The Kier molecular flexibility index (Phi) is 6.57. The smallest absolute Gasteiger partial charge is 0.238 e. The zero-order chi connectivity index (χ0) is 17.4. The van der Waals surface area contributed by atoms with E-state index in [1.807, 2.05) is 6.07 Å². The summed E-state index contributed by atoms with van der Waals surface area (Å²) in [6.07, 6.45) is 0. The molecule has 2 aromatic carbocycles. The lowest BCUT2D eigenvalue weighted by Gasteiger charge is -2.17. The second-order valence-electron chi connectivity index (χ2n) is 5.30. The van der Waals surface area contributed by atoms with E-state index in [0.717, 1.165) is 0 Å². The molecule has 0 aliphatic heterocycles. The van der Waals surface area contributed by atoms with Crippen molar-refractivity contribution < 1.29 is 18.7 Å². The van der Waals surface area contributed by atoms with Crippen LogP contribution in [-0.2, 0) is 4.79 Å². The number of likely N-dealkylation sites (N-methyl/N-ethyl adjacent to an activating group) is 1. The molecule has 2 aromatic rings. The number of anilines is 1. The zero-order valence-corrected chi connectivity index (χ0v) is 13.8. The SMILES string of the molecule is COc1cccc(NC(=O)CN(C)CCOc2ccccc2F)c1. The van der Waals surface area contributed by atoms with Gasteiger partial charge in [0.1, 0.15) is 12.4 Å². The normalized spacial score (nSPS) is 10.5. The minimum absolute atomic E-state index is 0.142. The number of hydrogen-bond acceptors (Lipinski definition) is 4. The number of benzene rings is 2. The topological polar surface area (TPSA) is 50.8 Å². The number of nitrogens with zero attached hydrogens (tertiary/aromatic N) is 1. The minimum atomic E-state index is -0.393. The number of rotatable bonds is 8. The Hall–Kier alpha value is -2.60. The zero-order valence-electron chi connectivity index (χ0n) is 13.8. The number of ether oxygens (including phenoxy) is 2. The Balaban J connectivity index is 1.74. The molecule has 0 spiro atoms. The second kappa shape index (κ2) is 8.88. The van der Waals surface area contributed by atoms with Gasteiger partial charge < -0.3 is 14.8 Å². The summed E-state index contributed by atoms with van der Waals surface area (Å²) in [7, 11) is 3.38. The predicted octanol–water partition coefficient (Wildman–Crippen LogP) is 2.78. The number of para-hydroxylation sites is 1. The lowest BCUT2D eigenvalue weighted by molar-refractivity contribution is -0.117. The molecule has 0 aromatic heterocycles. The van der Waals surface area contributed by atoms with Crippen molar-refractivity contribution in [3.05, 3.63) is 54.3 Å². The molecule has 0 bridgehead atoms. The van der Waals surface area contributed by atoms with Crippen molar-refractivity contribution in [1.82, 2.24) is 4.90 Å². The van der Waals surface area contributed by atoms with Crippen molar-refractivity contribution in [3.63, 3.8) is 0 Å². The highest BCUT2D eigenvalue weighted by atomic mass is 19.1. The summed E-state index contributed by atoms with van der Waals surface area (Å²) in [6.45, 7) is 1.00. The largest absolute Gasteiger partial charge is 0.497 e. The third-order valence-electron chi connectivity index (χ3n) is 3.33. The number of carbonyl (C=O) groups is 1. The van der Waals surface area contributed by atoms with Gasteiger partial charge in [-0.1, -0.05) is 18.2 Å². The van der Waals surface area contributed by atoms with E-state index in [9.17, 15) is 9.18 Å². The summed E-state index contributed by atoms with van der Waals surface area (Å²) in [4.78, 5) is 13.8. The Morgan fingerprint density at radius 2 is 2.00 bits per heavy atom. The van der Waals surface area contributed by atoms with E-state index in [0.29, 0.717) is 24.6 Å². The van der Waals surface area contributed by atoms with E-state index in [-0.39, 0.29) is 18.2 Å². The molecule has 5 nitrogen and oxygen atoms in total. The fraction of sp³-hybridized carbons (Fsp3) is 0.278. The standard InChI is InChI=1S/C18H21FN2O3/c1-21(10-11-24-17-9-4-3-8-16(17)19)13-18(22)20-14-6-5-7-15(12-14)23-2/h3-9,12H,10-11,13H2,1-2H3,(H,20,22). The molecule has 1 N–H and O–H groups in total. The van der Waals surface area contributed by atoms with Gasteiger partial charge in [-0.15, -0.1) is 0 Å². The summed E-state index contributed by atoms with van der Waals surface area (Å²) in [5, 5.41) is 2.80. The summed E-state index contributed by atoms with van der Waals surface area (Å²) in [5.41, 5.74) is 0.676. The Morgan fingerprint density at radius 3 is 2.75 bits per heavy atom. The van der Waals surface area contributed by atoms with Crippen LogP contribution in [0.2, 0.25) is 0 Å². The van der Waals surface area contributed by atoms with Crippen LogP contribution in [0.1, 0.15) is 0 Å². The molecule has 0 heterocycles. The number of amides is 1. The van der Waals surface area contributed by atoms with Crippen molar-refractivity contribution in [3.8, 4) is 11.5 Å². The average molecular weight is 332 g/mol. The maximum atomic E-state index is 13.4. The molecule has 0 fully saturated rings. The molecule has 1 amide bonds. The van der Waals surface area contributed by atoms with Crippen LogP contribution >= 0.6 is 0 Å². The van der Waals surface area contributed by atoms with Crippen LogP contribution in [0.3, 0.4) is 0 Å². The number of nitrogens with one attached hydrogen (secondary N) is 1. The van der Waals surface area contributed by atoms with Crippen molar-refractivity contribution in [2.45, 2.75) is 0 Å². The van der Waals surface area contributed by atoms with Crippen LogP contribution in [0.25, 0.3) is 0 Å². The molecular weight excluding hydrogens is 311 g/mol. The number of hydrogen-bond donors (Lipinski definition) is 1. The number of carbonyl (C=O) groups excluding carboxylic acids is 1. The van der Waals surface area contributed by atoms with Gasteiger partial charge in [-0.2, -0.15) is 0 Å². The highest BCUT2D eigenvalue weighted by molar-refractivity contribution is 5.92. The predicted molar refractivity (Wildman–Crippen MR) is 91.0 cm³/mol. The molecule has 0 unspecified atom stereocenters. The minimum Gasteiger partial charge on any atom is -0.497 e. The molecule has 0 radical (unpaired) electrons. The maximum absolute atomic E-state index is 13.4. The van der Waals surface area contributed by atoms with Gasteiger partial charge in [0, 0.05) is 18.3 Å². The summed E-state index contributed by atoms with van der Waals surface area (Å²) in [6, 6.07) is 13.4. The van der Waals surface area contributed by atoms with E-state index in [2.05, 4.69) is 5.32 Å². The van der Waals surface area contributed by atoms with Crippen LogP contribution in [0.15, 0.2) is 48.5 Å². The second-order valence-corrected chi connectivity index (χ2v) is 5.30. The average Bonchev–Trinajstić information content (AvgIpc) is 2.56. The third kappa shape index (κ3) is 5.55. The van der Waals surface area contributed by atoms with E-state index in [4.69, 9.17) is 9.47 Å². The lowest BCUT2D eigenvalue weighted by Crippen LogP contribution is -2.33. The highest BCUT2D eigenvalue weighted by Gasteiger charge is 2.08. The van der Waals surface area contributed by atoms with Gasteiger partial charge in [-0.05, 0) is 31.3 Å². The van der Waals surface area contributed by atoms with E-state index >= 15 is 0 Å². The van der Waals surface area contributed by atoms with Gasteiger partial charge in [-0.3, -0.25) is 9.69 Å². The molecule has 6 heteroatoms. The fourth-order valence-electron chi connectivity index (χ4n) is 2.10. The molecule has 128 valence electrons. The summed E-state index contributed by atoms with van der Waals surface area (Å²) in [5.74, 6) is 0.360. The molecule has 0 saturated heterocycles. The van der Waals surface area contributed by atoms with Crippen molar-refractivity contribution in [1.29, 1.82) is 0 Å². The van der Waals surface area contributed by atoms with Gasteiger partial charge in [0.15, 0.2) is 11.6 Å². The molecule has 24 heavy (non-hydrogen) atoms. The fourth-order valence-corrected chi connectivity index (χ4v) is 2.10. The molecule has 2 rings (SSSR count). The molecular formula is C18H21FN2O3. The van der Waals surface area contributed by atoms with Crippen molar-refractivity contribution in [2.24, 2.45) is 0 Å². The van der Waals surface area contributed by atoms with Gasteiger partial charge in [0.05, 0.1) is 13.7 Å². The molecule has 0 atom stereocenters. The Labute approximate surface area is 141 Å². The number of halogens is 1. The maximum Gasteiger partial charge on any atom is 0.238 e. The molecule has 0 saturated carbocycles. The van der Waals surface area contributed by atoms with Crippen LogP contribution in [-0.4, -0.2) is 44.7 Å². The number of methoxy groups -OCH3 is 1. The third-order valence-corrected chi connectivity index (χ3v) is 3.33. The van der Waals surface area contributed by atoms with Crippen LogP contribution in [0.4, 0.5) is 10.1 Å². The Morgan fingerprint density at radius 1 is 1.21 bits per heavy atom. The molecule has 0 aliphatic carbocycles. The first-order valence-corrected chi connectivity index (χ1v) is 7.58. The monoisotopic (exact) mass is 332 g/mol. The summed E-state index contributed by atoms with van der Waals surface area (Å²) < 4.78 is 23.9. The van der Waals surface area contributed by atoms with Crippen molar-refractivity contribution >= 4 is 11.6 Å². The van der Waals surface area contributed by atoms with Crippen LogP contribution in [0, 0.1) is 5.82 Å². The van der Waals surface area contributed by atoms with Gasteiger partial charge in [0.25, 0.3) is 0 Å². The van der Waals surface area contributed by atoms with E-state index in [1.165, 1.54) is 6.07 Å². The lowest BCUT2D eigenvalue weighted by atomic mass is 10.3. The van der Waals surface area contributed by atoms with Crippen molar-refractivity contribution in [2.75, 3.05) is 39.2 Å². The first kappa shape index (κ1) is 17.7. The van der Waals surface area contributed by atoms with Gasteiger partial charge in [-0.25, -0.2) is 4.39 Å². The molecule has 0 aliphatic rings.